The van der Waals surface area contributed by atoms with Crippen LogP contribution in [-0.2, 0) is 6.54 Å². The van der Waals surface area contributed by atoms with Crippen molar-refractivity contribution < 1.29 is 0 Å². The molecule has 1 unspecified atom stereocenters. The van der Waals surface area contributed by atoms with E-state index in [9.17, 15) is 0 Å². The number of hydrogen-bond donors (Lipinski definition) is 0. The molecule has 1 aromatic carbocycles. The quantitative estimate of drug-likeness (QED) is 0.591. The van der Waals surface area contributed by atoms with Crippen molar-refractivity contribution in [3.63, 3.8) is 0 Å². The standard InChI is InChI=1S/C19H30N2/c1-3-5-6-10-14-20-15-16-21(19(20)11-4-2)17-18-12-8-7-9-13-18/h7-9,12-13,15-16,19H,3-6,10-11,14,17H2,1-2H3. The molecule has 0 spiro atoms. The minimum absolute atomic E-state index is 0.553. The lowest BCUT2D eigenvalue weighted by Crippen LogP contribution is -2.38. The van der Waals surface area contributed by atoms with Gasteiger partial charge >= 0.3 is 0 Å². The number of nitrogens with zero attached hydrogens (tertiary/aromatic N) is 2. The molecule has 0 saturated carbocycles. The molecule has 0 radical (unpaired) electrons. The van der Waals surface area contributed by atoms with Crippen molar-refractivity contribution in [3.05, 3.63) is 48.3 Å². The maximum atomic E-state index is 2.54. The minimum Gasteiger partial charge on any atom is -0.356 e. The molecule has 116 valence electrons. The summed E-state index contributed by atoms with van der Waals surface area (Å²) in [4.78, 5) is 5.04. The van der Waals surface area contributed by atoms with Gasteiger partial charge in [0.2, 0.25) is 0 Å². The average Bonchev–Trinajstić information content (AvgIpc) is 2.88. The van der Waals surface area contributed by atoms with Crippen molar-refractivity contribution in [2.75, 3.05) is 6.54 Å². The van der Waals surface area contributed by atoms with E-state index in [-0.39, 0.29) is 0 Å². The topological polar surface area (TPSA) is 6.48 Å². The Morgan fingerprint density at radius 1 is 0.857 bits per heavy atom. The van der Waals surface area contributed by atoms with E-state index in [2.05, 4.69) is 66.4 Å². The van der Waals surface area contributed by atoms with Gasteiger partial charge in [0.25, 0.3) is 0 Å². The Balaban J connectivity index is 1.88. The molecule has 0 amide bonds. The first kappa shape index (κ1) is 15.9. The molecular weight excluding hydrogens is 256 g/mol. The molecule has 2 rings (SSSR count). The Bertz CT molecular complexity index is 413. The number of hydrogen-bond acceptors (Lipinski definition) is 2. The SMILES string of the molecule is CCCCCCN1C=CN(Cc2ccccc2)C1CCC. The number of unbranched alkanes of at least 4 members (excludes halogenated alkanes) is 3. The first-order valence-corrected chi connectivity index (χ1v) is 8.59. The molecule has 1 aliphatic rings. The van der Waals surface area contributed by atoms with Crippen molar-refractivity contribution in [3.8, 4) is 0 Å². The van der Waals surface area contributed by atoms with Gasteiger partial charge < -0.3 is 9.80 Å². The van der Waals surface area contributed by atoms with Crippen LogP contribution in [0.4, 0.5) is 0 Å². The van der Waals surface area contributed by atoms with Gasteiger partial charge in [0, 0.05) is 25.5 Å². The van der Waals surface area contributed by atoms with Gasteiger partial charge in [-0.3, -0.25) is 0 Å². The van der Waals surface area contributed by atoms with Crippen LogP contribution >= 0.6 is 0 Å². The second-order valence-corrected chi connectivity index (χ2v) is 6.02. The van der Waals surface area contributed by atoms with Crippen LogP contribution in [0.25, 0.3) is 0 Å². The zero-order valence-electron chi connectivity index (χ0n) is 13.7. The van der Waals surface area contributed by atoms with Crippen molar-refractivity contribution in [1.29, 1.82) is 0 Å². The largest absolute Gasteiger partial charge is 0.356 e. The van der Waals surface area contributed by atoms with Crippen LogP contribution in [0.3, 0.4) is 0 Å². The molecular formula is C19H30N2. The Labute approximate surface area is 130 Å². The predicted octanol–water partition coefficient (Wildman–Crippen LogP) is 4.98. The number of benzene rings is 1. The smallest absolute Gasteiger partial charge is 0.101 e. The first-order chi connectivity index (χ1) is 10.3. The second kappa shape index (κ2) is 8.76. The van der Waals surface area contributed by atoms with E-state index in [1.54, 1.807) is 0 Å². The van der Waals surface area contributed by atoms with Crippen LogP contribution in [0, 0.1) is 0 Å². The highest BCUT2D eigenvalue weighted by molar-refractivity contribution is 5.15. The molecule has 2 nitrogen and oxygen atoms in total. The molecule has 0 saturated heterocycles. The van der Waals surface area contributed by atoms with Gasteiger partial charge in [-0.15, -0.1) is 0 Å². The summed E-state index contributed by atoms with van der Waals surface area (Å²) in [6.07, 6.45) is 13.0. The van der Waals surface area contributed by atoms with E-state index >= 15 is 0 Å². The summed E-state index contributed by atoms with van der Waals surface area (Å²) in [5.74, 6) is 0. The zero-order valence-corrected chi connectivity index (χ0v) is 13.7. The van der Waals surface area contributed by atoms with Crippen molar-refractivity contribution >= 4 is 0 Å². The monoisotopic (exact) mass is 286 g/mol. The molecule has 0 aromatic heterocycles. The third kappa shape index (κ3) is 4.80. The lowest BCUT2D eigenvalue weighted by molar-refractivity contribution is 0.134. The average molecular weight is 286 g/mol. The molecule has 2 heteroatoms. The van der Waals surface area contributed by atoms with Crippen LogP contribution in [0.2, 0.25) is 0 Å². The van der Waals surface area contributed by atoms with Crippen LogP contribution in [0.1, 0.15) is 57.9 Å². The molecule has 1 heterocycles. The van der Waals surface area contributed by atoms with Crippen molar-refractivity contribution in [1.82, 2.24) is 9.80 Å². The summed E-state index contributed by atoms with van der Waals surface area (Å²) in [5.41, 5.74) is 1.40. The van der Waals surface area contributed by atoms with Crippen LogP contribution in [0.15, 0.2) is 42.7 Å². The first-order valence-electron chi connectivity index (χ1n) is 8.59. The van der Waals surface area contributed by atoms with Crippen molar-refractivity contribution in [2.24, 2.45) is 0 Å². The van der Waals surface area contributed by atoms with E-state index in [0.29, 0.717) is 6.17 Å². The lowest BCUT2D eigenvalue weighted by atomic mass is 10.1. The second-order valence-electron chi connectivity index (χ2n) is 6.02. The van der Waals surface area contributed by atoms with Crippen LogP contribution in [-0.4, -0.2) is 22.5 Å². The Kier molecular flexibility index (Phi) is 6.65. The molecule has 1 atom stereocenters. The third-order valence-electron chi connectivity index (χ3n) is 4.24. The Morgan fingerprint density at radius 3 is 2.33 bits per heavy atom. The molecule has 0 fully saturated rings. The van der Waals surface area contributed by atoms with E-state index in [1.807, 2.05) is 0 Å². The summed E-state index contributed by atoms with van der Waals surface area (Å²) >= 11 is 0. The summed E-state index contributed by atoms with van der Waals surface area (Å²) in [7, 11) is 0. The van der Waals surface area contributed by atoms with Gasteiger partial charge in [-0.25, -0.2) is 0 Å². The molecule has 1 aliphatic heterocycles. The van der Waals surface area contributed by atoms with Gasteiger partial charge in [0.05, 0.1) is 0 Å². The summed E-state index contributed by atoms with van der Waals surface area (Å²) < 4.78 is 0. The maximum absolute atomic E-state index is 2.54. The Hall–Kier alpha value is -1.44. The predicted molar refractivity (Wildman–Crippen MR) is 90.7 cm³/mol. The van der Waals surface area contributed by atoms with E-state index in [4.69, 9.17) is 0 Å². The van der Waals surface area contributed by atoms with Gasteiger partial charge in [-0.05, 0) is 18.4 Å². The van der Waals surface area contributed by atoms with Gasteiger partial charge in [-0.1, -0.05) is 69.9 Å². The fraction of sp³-hybridized carbons (Fsp3) is 0.579. The maximum Gasteiger partial charge on any atom is 0.101 e. The van der Waals surface area contributed by atoms with Crippen LogP contribution in [0.5, 0.6) is 0 Å². The van der Waals surface area contributed by atoms with Gasteiger partial charge in [-0.2, -0.15) is 0 Å². The lowest BCUT2D eigenvalue weighted by Gasteiger charge is -2.33. The van der Waals surface area contributed by atoms with E-state index < -0.39 is 0 Å². The number of rotatable bonds is 9. The van der Waals surface area contributed by atoms with Crippen LogP contribution < -0.4 is 0 Å². The van der Waals surface area contributed by atoms with E-state index in [0.717, 1.165) is 6.54 Å². The highest BCUT2D eigenvalue weighted by Gasteiger charge is 2.24. The summed E-state index contributed by atoms with van der Waals surface area (Å²) in [5, 5.41) is 0. The van der Waals surface area contributed by atoms with Gasteiger partial charge in [0.15, 0.2) is 0 Å². The summed E-state index contributed by atoms with van der Waals surface area (Å²) in [6, 6.07) is 10.8. The minimum atomic E-state index is 0.553. The zero-order chi connectivity index (χ0) is 14.9. The van der Waals surface area contributed by atoms with E-state index in [1.165, 1.54) is 50.6 Å². The molecule has 0 aliphatic carbocycles. The highest BCUT2D eigenvalue weighted by Crippen LogP contribution is 2.23. The molecule has 0 bridgehead atoms. The molecule has 0 N–H and O–H groups in total. The molecule has 1 aromatic rings. The fourth-order valence-corrected chi connectivity index (χ4v) is 3.05. The fourth-order valence-electron chi connectivity index (χ4n) is 3.05. The Morgan fingerprint density at radius 2 is 1.62 bits per heavy atom. The van der Waals surface area contributed by atoms with Crippen molar-refractivity contribution in [2.45, 2.75) is 65.1 Å². The normalized spacial score (nSPS) is 17.7. The van der Waals surface area contributed by atoms with Gasteiger partial charge in [0.1, 0.15) is 6.17 Å². The highest BCUT2D eigenvalue weighted by atomic mass is 15.4. The summed E-state index contributed by atoms with van der Waals surface area (Å²) in [6.45, 7) is 6.78. The molecule has 21 heavy (non-hydrogen) atoms. The third-order valence-corrected chi connectivity index (χ3v) is 4.24.